The minimum Gasteiger partial charge on any atom is -0.543 e. The highest BCUT2D eigenvalue weighted by Gasteiger charge is 2.47. The fourth-order valence-electron chi connectivity index (χ4n) is 7.97. The average Bonchev–Trinajstić information content (AvgIpc) is 3.56. The molecule has 0 aliphatic rings. The Morgan fingerprint density at radius 3 is 2.00 bits per heavy atom. The Morgan fingerprint density at radius 1 is 0.842 bits per heavy atom. The van der Waals surface area contributed by atoms with E-state index in [1.54, 1.807) is 27.0 Å². The first-order valence-corrected chi connectivity index (χ1v) is 22.5. The minimum atomic E-state index is -2.24. The lowest BCUT2D eigenvalue weighted by Crippen LogP contribution is -2.55. The van der Waals surface area contributed by atoms with Gasteiger partial charge in [-0.05, 0) is 73.1 Å². The molecule has 0 bridgehead atoms. The van der Waals surface area contributed by atoms with Crippen LogP contribution in [0.3, 0.4) is 0 Å². The number of benzene rings is 2. The zero-order valence-electron chi connectivity index (χ0n) is 36.4. The Kier molecular flexibility index (Phi) is 17.0. The molecule has 3 N–H and O–H groups in total. The van der Waals surface area contributed by atoms with Crippen LogP contribution in [0.25, 0.3) is 10.9 Å². The molecule has 6 atom stereocenters. The van der Waals surface area contributed by atoms with Crippen molar-refractivity contribution in [2.45, 2.75) is 136 Å². The van der Waals surface area contributed by atoms with Gasteiger partial charge in [-0.1, -0.05) is 97.4 Å². The maximum absolute atomic E-state index is 14.7. The summed E-state index contributed by atoms with van der Waals surface area (Å²) >= 11 is 0. The molecule has 3 amide bonds. The highest BCUT2D eigenvalue weighted by molar-refractivity contribution is 6.78. The molecule has 1 aromatic heterocycles. The average molecular weight is 801 g/mol. The lowest BCUT2D eigenvalue weighted by atomic mass is 9.99. The Bertz CT molecular complexity index is 1830. The van der Waals surface area contributed by atoms with Gasteiger partial charge >= 0.3 is 5.97 Å². The fourth-order valence-corrected chi connectivity index (χ4v) is 13.2. The highest BCUT2D eigenvalue weighted by atomic mass is 28.4. The quantitative estimate of drug-likeness (QED) is 0.0560. The van der Waals surface area contributed by atoms with E-state index in [2.05, 4.69) is 70.3 Å². The number of amides is 3. The molecule has 0 aliphatic carbocycles. The van der Waals surface area contributed by atoms with Crippen LogP contribution in [0.5, 0.6) is 5.75 Å². The monoisotopic (exact) mass is 800 g/mol. The second-order valence-electron chi connectivity index (χ2n) is 16.9. The molecular formula is C46H68N4O6Si. The van der Waals surface area contributed by atoms with E-state index in [4.69, 9.17) is 9.16 Å². The predicted molar refractivity (Wildman–Crippen MR) is 233 cm³/mol. The highest BCUT2D eigenvalue weighted by Crippen LogP contribution is 2.43. The lowest BCUT2D eigenvalue weighted by Gasteiger charge is -2.42. The molecule has 3 rings (SSSR count). The maximum Gasteiger partial charge on any atom is 0.308 e. The van der Waals surface area contributed by atoms with E-state index in [0.29, 0.717) is 28.6 Å². The van der Waals surface area contributed by atoms with Gasteiger partial charge in [0.05, 0.1) is 12.5 Å². The van der Waals surface area contributed by atoms with Crippen LogP contribution in [-0.4, -0.2) is 67.1 Å². The van der Waals surface area contributed by atoms with E-state index >= 15 is 0 Å². The van der Waals surface area contributed by atoms with Crippen molar-refractivity contribution < 1.29 is 28.3 Å². The van der Waals surface area contributed by atoms with Crippen LogP contribution < -0.4 is 15.1 Å². The summed E-state index contributed by atoms with van der Waals surface area (Å²) in [5.74, 6) is -1.33. The first-order chi connectivity index (χ1) is 26.7. The van der Waals surface area contributed by atoms with E-state index in [1.807, 2.05) is 75.5 Å². The smallest absolute Gasteiger partial charge is 0.308 e. The molecule has 11 heteroatoms. The number of ether oxygens (including phenoxy) is 1. The third-order valence-corrected chi connectivity index (χ3v) is 17.4. The van der Waals surface area contributed by atoms with E-state index in [1.165, 1.54) is 4.90 Å². The van der Waals surface area contributed by atoms with Crippen molar-refractivity contribution in [3.63, 3.8) is 0 Å². The molecule has 312 valence electrons. The van der Waals surface area contributed by atoms with Crippen molar-refractivity contribution in [3.05, 3.63) is 90.7 Å². The number of hydrogen-bond acceptors (Lipinski definition) is 6. The number of esters is 1. The van der Waals surface area contributed by atoms with Gasteiger partial charge < -0.3 is 29.7 Å². The van der Waals surface area contributed by atoms with Crippen LogP contribution in [0, 0.1) is 11.8 Å². The number of aromatic nitrogens is 1. The number of likely N-dealkylation sites (N-methyl/N-ethyl adjacent to an activating group) is 1. The van der Waals surface area contributed by atoms with Gasteiger partial charge in [0.15, 0.2) is 0 Å². The first kappa shape index (κ1) is 46.7. The van der Waals surface area contributed by atoms with E-state index in [-0.39, 0.29) is 30.6 Å². The number of allylic oxidation sites excluding steroid dienone is 1. The molecule has 10 nitrogen and oxygen atoms in total. The van der Waals surface area contributed by atoms with Crippen molar-refractivity contribution >= 4 is 42.9 Å². The summed E-state index contributed by atoms with van der Waals surface area (Å²) in [6, 6.07) is 12.7. The largest absolute Gasteiger partial charge is 0.543 e. The summed E-state index contributed by atoms with van der Waals surface area (Å²) in [7, 11) is -0.670. The van der Waals surface area contributed by atoms with Crippen LogP contribution >= 0.6 is 0 Å². The molecular weight excluding hydrogens is 733 g/mol. The van der Waals surface area contributed by atoms with Gasteiger partial charge in [-0.25, -0.2) is 0 Å². The second kappa shape index (κ2) is 20.7. The predicted octanol–water partition coefficient (Wildman–Crippen LogP) is 9.20. The molecule has 0 unspecified atom stereocenters. The Morgan fingerprint density at radius 2 is 1.44 bits per heavy atom. The van der Waals surface area contributed by atoms with Crippen molar-refractivity contribution in [2.75, 3.05) is 7.05 Å². The molecule has 1 heterocycles. The van der Waals surface area contributed by atoms with Crippen LogP contribution in [0.1, 0.15) is 106 Å². The van der Waals surface area contributed by atoms with Crippen LogP contribution in [-0.2, 0) is 30.3 Å². The number of nitrogens with zero attached hydrogens (tertiary/aromatic N) is 1. The van der Waals surface area contributed by atoms with Gasteiger partial charge in [0.1, 0.15) is 23.9 Å². The van der Waals surface area contributed by atoms with Gasteiger partial charge in [0.2, 0.25) is 17.7 Å². The van der Waals surface area contributed by atoms with E-state index < -0.39 is 50.3 Å². The van der Waals surface area contributed by atoms with Crippen molar-refractivity contribution in [1.82, 2.24) is 20.5 Å². The zero-order chi connectivity index (χ0) is 42.8. The third kappa shape index (κ3) is 11.9. The number of para-hydroxylation sites is 1. The number of hydrogen-bond donors (Lipinski definition) is 3. The molecule has 0 spiro atoms. The second-order valence-corrected chi connectivity index (χ2v) is 22.2. The number of H-pyrrole nitrogens is 1. The Balaban J connectivity index is 2.02. The number of nitrogens with one attached hydrogen (secondary N) is 3. The van der Waals surface area contributed by atoms with Gasteiger partial charge in [-0.3, -0.25) is 19.2 Å². The number of carbonyl (C=O) groups excluding carboxylic acids is 4. The number of aromatic amines is 1. The van der Waals surface area contributed by atoms with Crippen molar-refractivity contribution in [2.24, 2.45) is 11.8 Å². The Labute approximate surface area is 342 Å². The van der Waals surface area contributed by atoms with Gasteiger partial charge in [0, 0.05) is 42.4 Å². The molecule has 2 aromatic carbocycles. The molecule has 0 fully saturated rings. The van der Waals surface area contributed by atoms with Gasteiger partial charge in [-0.15, -0.1) is 13.2 Å². The van der Waals surface area contributed by atoms with Crippen LogP contribution in [0.4, 0.5) is 0 Å². The number of carbonyl (C=O) groups is 4. The molecule has 0 saturated heterocycles. The van der Waals surface area contributed by atoms with Gasteiger partial charge in [0.25, 0.3) is 8.32 Å². The molecule has 57 heavy (non-hydrogen) atoms. The summed E-state index contributed by atoms with van der Waals surface area (Å²) in [4.78, 5) is 59.8. The summed E-state index contributed by atoms with van der Waals surface area (Å²) in [5, 5.41) is 6.88. The first-order valence-electron chi connectivity index (χ1n) is 20.4. The minimum absolute atomic E-state index is 0.0720. The Hall–Kier alpha value is -4.64. The van der Waals surface area contributed by atoms with E-state index in [0.717, 1.165) is 27.8 Å². The molecule has 0 saturated carbocycles. The zero-order valence-corrected chi connectivity index (χ0v) is 37.4. The van der Waals surface area contributed by atoms with Crippen molar-refractivity contribution in [3.8, 4) is 5.75 Å². The van der Waals surface area contributed by atoms with E-state index in [9.17, 15) is 19.2 Å². The fraction of sp³-hybridized carbons (Fsp3) is 0.522. The third-order valence-electron chi connectivity index (χ3n) is 11.4. The molecule has 3 aromatic rings. The summed E-state index contributed by atoms with van der Waals surface area (Å²) in [6.45, 7) is 30.2. The molecule has 0 aliphatic heterocycles. The van der Waals surface area contributed by atoms with Gasteiger partial charge in [-0.2, -0.15) is 0 Å². The SMILES string of the molecule is C=C[C@@H](C)[C@@H](C)OC(=O)C[C@@H](NC(=O)[C@@H](Cc1c[nH]c2ccccc12)N(C)C(=O)[C@H](C)NC(=O)[C@@H](C)CC(=C)C)c1ccc(O[Si](C(C)C)(C(C)C)C(C)C)cc1. The lowest BCUT2D eigenvalue weighted by molar-refractivity contribution is -0.150. The standard InChI is InChI=1S/C46H68N4O6Si/c1-15-32(10)35(13)55-43(51)26-41(36-20-22-38(23-21-36)56-57(29(4)5,30(6)7)31(8)9)49-45(53)42(25-37-27-47-40-19-17-16-18-39(37)40)50(14)46(54)34(12)48-44(52)33(11)24-28(2)3/h15-23,27,29-35,41-42,47H,1-2,24-26H2,3-14H3,(H,48,52)(H,49,53)/t32-,33+,34+,35-,41-,42-/m1/s1. The molecule has 0 radical (unpaired) electrons. The van der Waals surface area contributed by atoms with Crippen LogP contribution in [0.2, 0.25) is 16.6 Å². The number of rotatable bonds is 21. The summed E-state index contributed by atoms with van der Waals surface area (Å²) in [6.07, 6.45) is 3.68. The van der Waals surface area contributed by atoms with Crippen LogP contribution in [0.15, 0.2) is 79.5 Å². The number of fused-ring (bicyclic) bond motifs is 1. The maximum atomic E-state index is 14.7. The summed E-state index contributed by atoms with van der Waals surface area (Å²) in [5.41, 5.74) is 4.43. The van der Waals surface area contributed by atoms with Crippen molar-refractivity contribution in [1.29, 1.82) is 0 Å². The topological polar surface area (TPSA) is 130 Å². The summed E-state index contributed by atoms with van der Waals surface area (Å²) < 4.78 is 12.7. The normalized spacial score (nSPS) is 15.0.